The lowest BCUT2D eigenvalue weighted by Crippen LogP contribution is -1.95. The van der Waals surface area contributed by atoms with E-state index in [1.54, 1.807) is 0 Å². The molecule has 0 saturated heterocycles. The lowest BCUT2D eigenvalue weighted by atomic mass is 10.1. The van der Waals surface area contributed by atoms with Gasteiger partial charge in [0.2, 0.25) is 5.89 Å². The van der Waals surface area contributed by atoms with Gasteiger partial charge in [-0.2, -0.15) is 10.2 Å². The molecule has 14 heavy (non-hydrogen) atoms. The second-order valence-electron chi connectivity index (χ2n) is 3.69. The van der Waals surface area contributed by atoms with Gasteiger partial charge in [0.05, 0.1) is 6.07 Å². The molecule has 1 saturated carbocycles. The first-order valence-corrected chi connectivity index (χ1v) is 5.09. The van der Waals surface area contributed by atoms with Crippen molar-refractivity contribution in [3.8, 4) is 6.07 Å². The summed E-state index contributed by atoms with van der Waals surface area (Å²) in [7, 11) is 0. The zero-order valence-corrected chi connectivity index (χ0v) is 8.07. The van der Waals surface area contributed by atoms with Crippen molar-refractivity contribution in [2.24, 2.45) is 0 Å². The van der Waals surface area contributed by atoms with Crippen molar-refractivity contribution in [1.29, 1.82) is 5.26 Å². The normalized spacial score (nSPS) is 17.1. The van der Waals surface area contributed by atoms with E-state index in [1.165, 1.54) is 25.7 Å². The third kappa shape index (κ3) is 1.92. The third-order valence-electron chi connectivity index (χ3n) is 2.65. The van der Waals surface area contributed by atoms with E-state index in [1.807, 2.05) is 0 Å². The number of nitriles is 1. The Kier molecular flexibility index (Phi) is 2.78. The molecule has 1 aliphatic carbocycles. The van der Waals surface area contributed by atoms with E-state index in [0.717, 1.165) is 5.82 Å². The van der Waals surface area contributed by atoms with Crippen molar-refractivity contribution >= 4 is 0 Å². The maximum Gasteiger partial charge on any atom is 0.227 e. The van der Waals surface area contributed by atoms with E-state index in [-0.39, 0.29) is 0 Å². The molecule has 0 amide bonds. The molecule has 0 bridgehead atoms. The molecule has 0 N–H and O–H groups in total. The van der Waals surface area contributed by atoms with Crippen molar-refractivity contribution < 1.29 is 4.52 Å². The van der Waals surface area contributed by atoms with Crippen molar-refractivity contribution in [1.82, 2.24) is 10.1 Å². The maximum absolute atomic E-state index is 8.41. The Morgan fingerprint density at radius 2 is 2.21 bits per heavy atom. The van der Waals surface area contributed by atoms with E-state index in [2.05, 4.69) is 16.2 Å². The van der Waals surface area contributed by atoms with Crippen LogP contribution >= 0.6 is 0 Å². The van der Waals surface area contributed by atoms with Gasteiger partial charge in [-0.05, 0) is 12.8 Å². The molecule has 1 aromatic heterocycles. The molecule has 0 radical (unpaired) electrons. The molecule has 4 nitrogen and oxygen atoms in total. The molecule has 0 unspecified atom stereocenters. The van der Waals surface area contributed by atoms with Gasteiger partial charge in [0.25, 0.3) is 0 Å². The number of hydrogen-bond donors (Lipinski definition) is 0. The predicted octanol–water partition coefficient (Wildman–Crippen LogP) is 2.18. The van der Waals surface area contributed by atoms with Crippen LogP contribution in [0.5, 0.6) is 0 Å². The monoisotopic (exact) mass is 191 g/mol. The molecular weight excluding hydrogens is 178 g/mol. The fourth-order valence-electron chi connectivity index (χ4n) is 1.88. The highest BCUT2D eigenvalue weighted by atomic mass is 16.5. The summed E-state index contributed by atoms with van der Waals surface area (Å²) in [5, 5.41) is 12.4. The van der Waals surface area contributed by atoms with Crippen LogP contribution < -0.4 is 0 Å². The number of nitrogens with zero attached hydrogens (tertiary/aromatic N) is 3. The van der Waals surface area contributed by atoms with Gasteiger partial charge in [0.15, 0.2) is 5.82 Å². The average Bonchev–Trinajstić information content (AvgIpc) is 2.85. The average molecular weight is 191 g/mol. The van der Waals surface area contributed by atoms with Crippen molar-refractivity contribution in [3.63, 3.8) is 0 Å². The maximum atomic E-state index is 8.41. The van der Waals surface area contributed by atoms with E-state index in [0.29, 0.717) is 24.7 Å². The van der Waals surface area contributed by atoms with Crippen LogP contribution in [0.3, 0.4) is 0 Å². The smallest absolute Gasteiger partial charge is 0.227 e. The number of hydrogen-bond acceptors (Lipinski definition) is 4. The summed E-state index contributed by atoms with van der Waals surface area (Å²) in [5.41, 5.74) is 0. The lowest BCUT2D eigenvalue weighted by Gasteiger charge is -1.99. The molecule has 0 aromatic carbocycles. The van der Waals surface area contributed by atoms with Gasteiger partial charge in [0.1, 0.15) is 0 Å². The molecule has 2 rings (SSSR count). The van der Waals surface area contributed by atoms with Gasteiger partial charge in [-0.25, -0.2) is 0 Å². The minimum Gasteiger partial charge on any atom is -0.339 e. The first kappa shape index (κ1) is 9.20. The molecule has 1 heterocycles. The number of aromatic nitrogens is 2. The number of rotatable bonds is 3. The molecule has 0 aliphatic heterocycles. The molecular formula is C10H13N3O. The standard InChI is InChI=1S/C10H13N3O/c11-7-3-6-9-12-10(13-14-9)8-4-1-2-5-8/h8H,1-6H2. The van der Waals surface area contributed by atoms with Crippen LogP contribution in [0.1, 0.15) is 49.7 Å². The van der Waals surface area contributed by atoms with Crippen molar-refractivity contribution in [2.45, 2.75) is 44.4 Å². The SMILES string of the molecule is N#CCCc1nc(C2CCCC2)no1. The fraction of sp³-hybridized carbons (Fsp3) is 0.700. The second-order valence-corrected chi connectivity index (χ2v) is 3.69. The minimum atomic E-state index is 0.451. The molecule has 4 heteroatoms. The summed E-state index contributed by atoms with van der Waals surface area (Å²) in [4.78, 5) is 4.30. The summed E-state index contributed by atoms with van der Waals surface area (Å²) in [6.45, 7) is 0. The summed E-state index contributed by atoms with van der Waals surface area (Å²) in [6.07, 6.45) is 5.93. The molecule has 1 aliphatic rings. The minimum absolute atomic E-state index is 0.451. The largest absolute Gasteiger partial charge is 0.339 e. The van der Waals surface area contributed by atoms with Gasteiger partial charge in [-0.3, -0.25) is 0 Å². The highest BCUT2D eigenvalue weighted by Gasteiger charge is 2.21. The van der Waals surface area contributed by atoms with Gasteiger partial charge >= 0.3 is 0 Å². The summed E-state index contributed by atoms with van der Waals surface area (Å²) in [5.74, 6) is 1.94. The first-order chi connectivity index (χ1) is 6.90. The third-order valence-corrected chi connectivity index (χ3v) is 2.65. The van der Waals surface area contributed by atoms with Crippen LogP contribution in [0.4, 0.5) is 0 Å². The summed E-state index contributed by atoms with van der Waals surface area (Å²) < 4.78 is 5.07. The molecule has 74 valence electrons. The number of aryl methyl sites for hydroxylation is 1. The molecule has 1 fully saturated rings. The van der Waals surface area contributed by atoms with Gasteiger partial charge in [-0.15, -0.1) is 0 Å². The quantitative estimate of drug-likeness (QED) is 0.734. The Morgan fingerprint density at radius 3 is 2.93 bits per heavy atom. The fourth-order valence-corrected chi connectivity index (χ4v) is 1.88. The molecule has 1 aromatic rings. The van der Waals surface area contributed by atoms with Gasteiger partial charge in [-0.1, -0.05) is 18.0 Å². The lowest BCUT2D eigenvalue weighted by molar-refractivity contribution is 0.370. The van der Waals surface area contributed by atoms with Gasteiger partial charge < -0.3 is 4.52 Å². The van der Waals surface area contributed by atoms with E-state index in [4.69, 9.17) is 9.78 Å². The summed E-state index contributed by atoms with van der Waals surface area (Å²) in [6, 6.07) is 2.07. The zero-order chi connectivity index (χ0) is 9.80. The van der Waals surface area contributed by atoms with Crippen LogP contribution in [0, 0.1) is 11.3 Å². The Morgan fingerprint density at radius 1 is 1.43 bits per heavy atom. The van der Waals surface area contributed by atoms with Crippen LogP contribution in [-0.2, 0) is 6.42 Å². The first-order valence-electron chi connectivity index (χ1n) is 5.09. The highest BCUT2D eigenvalue weighted by Crippen LogP contribution is 2.32. The Labute approximate surface area is 82.9 Å². The van der Waals surface area contributed by atoms with E-state index in [9.17, 15) is 0 Å². The van der Waals surface area contributed by atoms with Crippen LogP contribution in [0.25, 0.3) is 0 Å². The van der Waals surface area contributed by atoms with Crippen molar-refractivity contribution in [3.05, 3.63) is 11.7 Å². The highest BCUT2D eigenvalue weighted by molar-refractivity contribution is 4.98. The van der Waals surface area contributed by atoms with Crippen LogP contribution in [-0.4, -0.2) is 10.1 Å². The summed E-state index contributed by atoms with van der Waals surface area (Å²) >= 11 is 0. The Balaban J connectivity index is 1.98. The van der Waals surface area contributed by atoms with E-state index < -0.39 is 0 Å². The van der Waals surface area contributed by atoms with Gasteiger partial charge in [0, 0.05) is 18.8 Å². The second kappa shape index (κ2) is 4.23. The molecule has 0 atom stereocenters. The topological polar surface area (TPSA) is 62.7 Å². The zero-order valence-electron chi connectivity index (χ0n) is 8.07. The Hall–Kier alpha value is -1.37. The predicted molar refractivity (Wildman–Crippen MR) is 49.4 cm³/mol. The molecule has 0 spiro atoms. The van der Waals surface area contributed by atoms with Crippen LogP contribution in [0.15, 0.2) is 4.52 Å². The Bertz CT molecular complexity index is 333. The van der Waals surface area contributed by atoms with Crippen molar-refractivity contribution in [2.75, 3.05) is 0 Å². The van der Waals surface area contributed by atoms with E-state index >= 15 is 0 Å². The van der Waals surface area contributed by atoms with Crippen LogP contribution in [0.2, 0.25) is 0 Å².